The monoisotopic (exact) mass is 262 g/mol. The van der Waals surface area contributed by atoms with E-state index >= 15 is 0 Å². The quantitative estimate of drug-likeness (QED) is 0.897. The topological polar surface area (TPSA) is 34.1 Å². The molecule has 0 aliphatic rings. The molecule has 2 rings (SSSR count). The van der Waals surface area contributed by atoms with Crippen LogP contribution in [0.15, 0.2) is 42.6 Å². The van der Waals surface area contributed by atoms with Gasteiger partial charge < -0.3 is 10.1 Å². The van der Waals surface area contributed by atoms with Gasteiger partial charge in [-0.05, 0) is 30.3 Å². The molecule has 0 radical (unpaired) electrons. The highest BCUT2D eigenvalue weighted by molar-refractivity contribution is 6.30. The number of rotatable bonds is 5. The molecule has 0 aliphatic heterocycles. The van der Waals surface area contributed by atoms with Gasteiger partial charge in [-0.25, -0.2) is 0 Å². The summed E-state index contributed by atoms with van der Waals surface area (Å²) in [6, 6.07) is 11.4. The number of nitrogens with one attached hydrogen (secondary N) is 1. The number of halogens is 1. The Hall–Kier alpha value is -1.74. The number of benzene rings is 1. The molecule has 4 heteroatoms. The molecule has 2 aromatic rings. The Bertz CT molecular complexity index is 502. The van der Waals surface area contributed by atoms with E-state index in [0.29, 0.717) is 5.02 Å². The largest absolute Gasteiger partial charge is 0.495 e. The van der Waals surface area contributed by atoms with Gasteiger partial charge in [-0.15, -0.1) is 0 Å². The minimum Gasteiger partial charge on any atom is -0.495 e. The van der Waals surface area contributed by atoms with Crippen molar-refractivity contribution in [2.24, 2.45) is 0 Å². The van der Waals surface area contributed by atoms with E-state index in [1.807, 2.05) is 36.4 Å². The van der Waals surface area contributed by atoms with Gasteiger partial charge in [0, 0.05) is 29.9 Å². The molecule has 0 unspecified atom stereocenters. The molecule has 0 aliphatic carbocycles. The van der Waals surface area contributed by atoms with E-state index in [-0.39, 0.29) is 0 Å². The van der Waals surface area contributed by atoms with Gasteiger partial charge in [0.1, 0.15) is 5.75 Å². The molecule has 1 heterocycles. The van der Waals surface area contributed by atoms with Crippen molar-refractivity contribution in [2.45, 2.75) is 6.42 Å². The average molecular weight is 263 g/mol. The predicted molar refractivity (Wildman–Crippen MR) is 74.4 cm³/mol. The van der Waals surface area contributed by atoms with E-state index in [4.69, 9.17) is 16.3 Å². The highest BCUT2D eigenvalue weighted by atomic mass is 35.5. The van der Waals surface area contributed by atoms with Gasteiger partial charge in [-0.3, -0.25) is 4.98 Å². The average Bonchev–Trinajstić information content (AvgIpc) is 2.40. The zero-order valence-electron chi connectivity index (χ0n) is 10.2. The maximum atomic E-state index is 5.96. The van der Waals surface area contributed by atoms with E-state index in [2.05, 4.69) is 10.3 Å². The second-order valence-electron chi connectivity index (χ2n) is 3.84. The molecule has 0 atom stereocenters. The first-order chi connectivity index (χ1) is 8.79. The fourth-order valence-electron chi connectivity index (χ4n) is 1.69. The third-order valence-electron chi connectivity index (χ3n) is 2.58. The molecule has 1 aromatic carbocycles. The van der Waals surface area contributed by atoms with Crippen LogP contribution in [0.2, 0.25) is 5.02 Å². The SMILES string of the molecule is COc1ccc(Cl)cc1NCCc1ccccn1. The summed E-state index contributed by atoms with van der Waals surface area (Å²) in [5, 5.41) is 3.99. The fourth-order valence-corrected chi connectivity index (χ4v) is 1.86. The number of aromatic nitrogens is 1. The lowest BCUT2D eigenvalue weighted by atomic mass is 10.2. The lowest BCUT2D eigenvalue weighted by Gasteiger charge is -2.11. The second-order valence-corrected chi connectivity index (χ2v) is 4.28. The van der Waals surface area contributed by atoms with Crippen LogP contribution >= 0.6 is 11.6 Å². The van der Waals surface area contributed by atoms with Gasteiger partial charge in [-0.1, -0.05) is 17.7 Å². The van der Waals surface area contributed by atoms with Crippen molar-refractivity contribution in [3.63, 3.8) is 0 Å². The van der Waals surface area contributed by atoms with Gasteiger partial charge in [0.25, 0.3) is 0 Å². The standard InChI is InChI=1S/C14H15ClN2O/c1-18-14-6-5-11(15)10-13(14)17-9-7-12-4-2-3-8-16-12/h2-6,8,10,17H,7,9H2,1H3. The Morgan fingerprint density at radius 1 is 1.28 bits per heavy atom. The van der Waals surface area contributed by atoms with Crippen molar-refractivity contribution in [1.82, 2.24) is 4.98 Å². The van der Waals surface area contributed by atoms with Crippen LogP contribution in [0.25, 0.3) is 0 Å². The summed E-state index contributed by atoms with van der Waals surface area (Å²) in [7, 11) is 1.65. The van der Waals surface area contributed by atoms with Crippen LogP contribution in [-0.2, 0) is 6.42 Å². The van der Waals surface area contributed by atoms with E-state index in [0.717, 1.165) is 30.1 Å². The van der Waals surface area contributed by atoms with Gasteiger partial charge >= 0.3 is 0 Å². The van der Waals surface area contributed by atoms with Crippen molar-refractivity contribution in [3.8, 4) is 5.75 Å². The summed E-state index contributed by atoms with van der Waals surface area (Å²) in [5.74, 6) is 0.792. The fraction of sp³-hybridized carbons (Fsp3) is 0.214. The first-order valence-electron chi connectivity index (χ1n) is 5.77. The summed E-state index contributed by atoms with van der Waals surface area (Å²) in [5.41, 5.74) is 1.96. The number of anilines is 1. The number of pyridine rings is 1. The molecule has 1 N–H and O–H groups in total. The number of methoxy groups -OCH3 is 1. The van der Waals surface area contributed by atoms with Crippen LogP contribution < -0.4 is 10.1 Å². The molecule has 0 bridgehead atoms. The minimum atomic E-state index is 0.691. The maximum Gasteiger partial charge on any atom is 0.142 e. The van der Waals surface area contributed by atoms with E-state index < -0.39 is 0 Å². The van der Waals surface area contributed by atoms with Crippen molar-refractivity contribution in [1.29, 1.82) is 0 Å². The Balaban J connectivity index is 1.96. The second kappa shape index (κ2) is 6.26. The summed E-state index contributed by atoms with van der Waals surface area (Å²) in [6.45, 7) is 0.785. The van der Waals surface area contributed by atoms with Crippen LogP contribution in [0.5, 0.6) is 5.75 Å². The van der Waals surface area contributed by atoms with Crippen LogP contribution in [-0.4, -0.2) is 18.6 Å². The first kappa shape index (κ1) is 12.7. The van der Waals surface area contributed by atoms with Crippen molar-refractivity contribution < 1.29 is 4.74 Å². The van der Waals surface area contributed by atoms with Gasteiger partial charge in [0.05, 0.1) is 12.8 Å². The van der Waals surface area contributed by atoms with Gasteiger partial charge in [-0.2, -0.15) is 0 Å². The van der Waals surface area contributed by atoms with Crippen LogP contribution in [0.1, 0.15) is 5.69 Å². The Kier molecular flexibility index (Phi) is 4.42. The van der Waals surface area contributed by atoms with Gasteiger partial charge in [0.2, 0.25) is 0 Å². The number of nitrogens with zero attached hydrogens (tertiary/aromatic N) is 1. The van der Waals surface area contributed by atoms with E-state index in [1.54, 1.807) is 13.3 Å². The van der Waals surface area contributed by atoms with Crippen LogP contribution in [0, 0.1) is 0 Å². The number of ether oxygens (including phenoxy) is 1. The molecule has 0 saturated heterocycles. The summed E-state index contributed by atoms with van der Waals surface area (Å²) >= 11 is 5.96. The predicted octanol–water partition coefficient (Wildman–Crippen LogP) is 3.40. The molecule has 0 amide bonds. The summed E-state index contributed by atoms with van der Waals surface area (Å²) in [6.07, 6.45) is 2.66. The lowest BCUT2D eigenvalue weighted by Crippen LogP contribution is -2.06. The summed E-state index contributed by atoms with van der Waals surface area (Å²) in [4.78, 5) is 4.27. The first-order valence-corrected chi connectivity index (χ1v) is 6.14. The van der Waals surface area contributed by atoms with Gasteiger partial charge in [0.15, 0.2) is 0 Å². The highest BCUT2D eigenvalue weighted by Crippen LogP contribution is 2.27. The van der Waals surface area contributed by atoms with Crippen LogP contribution in [0.4, 0.5) is 5.69 Å². The van der Waals surface area contributed by atoms with Crippen molar-refractivity contribution >= 4 is 17.3 Å². The number of hydrogen-bond donors (Lipinski definition) is 1. The molecule has 3 nitrogen and oxygen atoms in total. The molecule has 18 heavy (non-hydrogen) atoms. The lowest BCUT2D eigenvalue weighted by molar-refractivity contribution is 0.416. The van der Waals surface area contributed by atoms with E-state index in [1.165, 1.54) is 0 Å². The molecule has 0 saturated carbocycles. The molecule has 0 spiro atoms. The van der Waals surface area contributed by atoms with Crippen molar-refractivity contribution in [3.05, 3.63) is 53.3 Å². The maximum absolute atomic E-state index is 5.96. The Labute approximate surface area is 112 Å². The minimum absolute atomic E-state index is 0.691. The smallest absolute Gasteiger partial charge is 0.142 e. The van der Waals surface area contributed by atoms with E-state index in [9.17, 15) is 0 Å². The molecular formula is C14H15ClN2O. The van der Waals surface area contributed by atoms with Crippen molar-refractivity contribution in [2.75, 3.05) is 19.0 Å². The molecule has 94 valence electrons. The molecule has 0 fully saturated rings. The van der Waals surface area contributed by atoms with Crippen LogP contribution in [0.3, 0.4) is 0 Å². The Morgan fingerprint density at radius 3 is 2.89 bits per heavy atom. The third kappa shape index (κ3) is 3.37. The molecule has 1 aromatic heterocycles. The number of hydrogen-bond acceptors (Lipinski definition) is 3. The normalized spacial score (nSPS) is 10.1. The zero-order valence-corrected chi connectivity index (χ0v) is 10.9. The zero-order chi connectivity index (χ0) is 12.8. The molecular weight excluding hydrogens is 248 g/mol. The third-order valence-corrected chi connectivity index (χ3v) is 2.82. The Morgan fingerprint density at radius 2 is 2.17 bits per heavy atom. The highest BCUT2D eigenvalue weighted by Gasteiger charge is 2.03. The summed E-state index contributed by atoms with van der Waals surface area (Å²) < 4.78 is 5.27.